The van der Waals surface area contributed by atoms with Crippen LogP contribution in [0.1, 0.15) is 25.3 Å². The number of aliphatic carboxylic acids is 1. The van der Waals surface area contributed by atoms with E-state index in [4.69, 9.17) is 9.47 Å². The highest BCUT2D eigenvalue weighted by atomic mass is 16.5. The van der Waals surface area contributed by atoms with E-state index in [0.29, 0.717) is 31.8 Å². The van der Waals surface area contributed by atoms with Gasteiger partial charge in [0.1, 0.15) is 5.75 Å². The smallest absolute Gasteiger partial charge is 0.308 e. The molecule has 1 amide bonds. The Morgan fingerprint density at radius 2 is 2.04 bits per heavy atom. The Morgan fingerprint density at radius 3 is 2.71 bits per heavy atom. The van der Waals surface area contributed by atoms with Crippen LogP contribution < -0.4 is 10.1 Å². The Balaban J connectivity index is 1.81. The molecule has 0 saturated carbocycles. The number of carbonyl (C=O) groups is 2. The van der Waals surface area contributed by atoms with Gasteiger partial charge in [0.25, 0.3) is 5.91 Å². The zero-order chi connectivity index (χ0) is 17.4. The van der Waals surface area contributed by atoms with Crippen molar-refractivity contribution in [2.45, 2.75) is 26.2 Å². The third kappa shape index (κ3) is 5.23. The third-order valence-electron chi connectivity index (χ3n) is 4.38. The van der Waals surface area contributed by atoms with Gasteiger partial charge in [-0.2, -0.15) is 0 Å². The van der Waals surface area contributed by atoms with E-state index in [1.165, 1.54) is 0 Å². The molecule has 0 aromatic heterocycles. The molecule has 1 aliphatic rings. The lowest BCUT2D eigenvalue weighted by atomic mass is 9.86. The first-order chi connectivity index (χ1) is 11.6. The van der Waals surface area contributed by atoms with Crippen LogP contribution in [-0.2, 0) is 20.7 Å². The molecule has 132 valence electrons. The number of hydrogen-bond acceptors (Lipinski definition) is 4. The molecule has 1 aromatic carbocycles. The van der Waals surface area contributed by atoms with Crippen LogP contribution in [0.25, 0.3) is 0 Å². The molecular formula is C18H25NO5. The minimum absolute atomic E-state index is 0.0401. The van der Waals surface area contributed by atoms with Crippen molar-refractivity contribution in [3.63, 3.8) is 0 Å². The summed E-state index contributed by atoms with van der Waals surface area (Å²) < 4.78 is 10.8. The third-order valence-corrected chi connectivity index (χ3v) is 4.38. The molecule has 1 unspecified atom stereocenters. The molecule has 6 heteroatoms. The summed E-state index contributed by atoms with van der Waals surface area (Å²) in [6.07, 6.45) is 2.25. The maximum atomic E-state index is 12.0. The molecular weight excluding hydrogens is 310 g/mol. The van der Waals surface area contributed by atoms with E-state index in [9.17, 15) is 14.7 Å². The van der Waals surface area contributed by atoms with Crippen molar-refractivity contribution in [2.75, 3.05) is 26.4 Å². The average Bonchev–Trinajstić information content (AvgIpc) is 2.61. The van der Waals surface area contributed by atoms with Gasteiger partial charge >= 0.3 is 5.97 Å². The number of benzene rings is 1. The zero-order valence-electron chi connectivity index (χ0n) is 14.0. The monoisotopic (exact) mass is 335 g/mol. The number of carboxylic acid groups (broad SMARTS) is 1. The lowest BCUT2D eigenvalue weighted by molar-refractivity contribution is -0.145. The number of carboxylic acids is 1. The Morgan fingerprint density at radius 1 is 1.33 bits per heavy atom. The van der Waals surface area contributed by atoms with E-state index in [-0.39, 0.29) is 25.0 Å². The fraction of sp³-hybridized carbons (Fsp3) is 0.556. The van der Waals surface area contributed by atoms with Crippen LogP contribution >= 0.6 is 0 Å². The first kappa shape index (κ1) is 18.3. The maximum Gasteiger partial charge on any atom is 0.308 e. The molecule has 6 nitrogen and oxygen atoms in total. The fourth-order valence-electron chi connectivity index (χ4n) is 2.93. The quantitative estimate of drug-likeness (QED) is 0.757. The van der Waals surface area contributed by atoms with Crippen LogP contribution in [0.5, 0.6) is 5.75 Å². The summed E-state index contributed by atoms with van der Waals surface area (Å²) in [5.41, 5.74) is 1.04. The van der Waals surface area contributed by atoms with Crippen molar-refractivity contribution in [1.82, 2.24) is 5.32 Å². The zero-order valence-corrected chi connectivity index (χ0v) is 14.0. The molecule has 0 aliphatic carbocycles. The number of para-hydroxylation sites is 1. The van der Waals surface area contributed by atoms with Gasteiger partial charge in [-0.25, -0.2) is 0 Å². The number of aryl methyl sites for hydroxylation is 1. The van der Waals surface area contributed by atoms with Crippen molar-refractivity contribution in [1.29, 1.82) is 0 Å². The van der Waals surface area contributed by atoms with Gasteiger partial charge in [-0.15, -0.1) is 0 Å². The molecule has 2 rings (SSSR count). The van der Waals surface area contributed by atoms with Gasteiger partial charge in [0, 0.05) is 19.8 Å². The van der Waals surface area contributed by atoms with E-state index in [0.717, 1.165) is 12.0 Å². The average molecular weight is 335 g/mol. The molecule has 1 fully saturated rings. The second kappa shape index (κ2) is 9.27. The van der Waals surface area contributed by atoms with Crippen LogP contribution in [0.15, 0.2) is 24.3 Å². The van der Waals surface area contributed by atoms with Crippen molar-refractivity contribution in [3.05, 3.63) is 29.8 Å². The minimum Gasteiger partial charge on any atom is -0.483 e. The minimum atomic E-state index is -0.876. The molecule has 0 bridgehead atoms. The van der Waals surface area contributed by atoms with Crippen LogP contribution in [0, 0.1) is 11.8 Å². The number of amides is 1. The predicted octanol–water partition coefficient (Wildman–Crippen LogP) is 1.87. The summed E-state index contributed by atoms with van der Waals surface area (Å²) in [5.74, 6) is -1.04. The molecule has 1 aliphatic heterocycles. The topological polar surface area (TPSA) is 84.9 Å². The van der Waals surface area contributed by atoms with Crippen LogP contribution in [-0.4, -0.2) is 43.3 Å². The molecule has 1 heterocycles. The van der Waals surface area contributed by atoms with Crippen molar-refractivity contribution >= 4 is 11.9 Å². The molecule has 2 N–H and O–H groups in total. The summed E-state index contributed by atoms with van der Waals surface area (Å²) in [5, 5.41) is 12.1. The molecule has 1 aromatic rings. The fourth-order valence-corrected chi connectivity index (χ4v) is 2.93. The van der Waals surface area contributed by atoms with E-state index >= 15 is 0 Å². The molecule has 1 saturated heterocycles. The molecule has 0 spiro atoms. The first-order valence-electron chi connectivity index (χ1n) is 8.39. The summed E-state index contributed by atoms with van der Waals surface area (Å²) in [6.45, 7) is 3.20. The normalized spacial score (nSPS) is 16.4. The SMILES string of the molecule is CCc1ccccc1OCC(=O)NCC(C(=O)O)C1CCOCC1. The van der Waals surface area contributed by atoms with Gasteiger partial charge in [0.15, 0.2) is 6.61 Å². The van der Waals surface area contributed by atoms with Gasteiger partial charge < -0.3 is 19.9 Å². The number of carbonyl (C=O) groups excluding carboxylic acids is 1. The highest BCUT2D eigenvalue weighted by Gasteiger charge is 2.30. The molecule has 24 heavy (non-hydrogen) atoms. The van der Waals surface area contributed by atoms with E-state index < -0.39 is 11.9 Å². The standard InChI is InChI=1S/C18H25NO5/c1-2-13-5-3-4-6-16(13)24-12-17(20)19-11-15(18(21)22)14-7-9-23-10-8-14/h3-6,14-15H,2,7-12H2,1H3,(H,19,20)(H,21,22). The Hall–Kier alpha value is -2.08. The lowest BCUT2D eigenvalue weighted by Gasteiger charge is -2.27. The van der Waals surface area contributed by atoms with E-state index in [2.05, 4.69) is 5.32 Å². The number of nitrogens with one attached hydrogen (secondary N) is 1. The second-order valence-corrected chi connectivity index (χ2v) is 5.95. The van der Waals surface area contributed by atoms with Crippen LogP contribution in [0.3, 0.4) is 0 Å². The van der Waals surface area contributed by atoms with Crippen LogP contribution in [0.4, 0.5) is 0 Å². The van der Waals surface area contributed by atoms with E-state index in [1.54, 1.807) is 0 Å². The summed E-state index contributed by atoms with van der Waals surface area (Å²) >= 11 is 0. The van der Waals surface area contributed by atoms with Crippen molar-refractivity contribution in [2.24, 2.45) is 11.8 Å². The predicted molar refractivity (Wildman–Crippen MR) is 89.0 cm³/mol. The van der Waals surface area contributed by atoms with Gasteiger partial charge in [-0.3, -0.25) is 9.59 Å². The van der Waals surface area contributed by atoms with Crippen LogP contribution in [0.2, 0.25) is 0 Å². The Kier molecular flexibility index (Phi) is 7.06. The largest absolute Gasteiger partial charge is 0.483 e. The number of rotatable bonds is 8. The highest BCUT2D eigenvalue weighted by molar-refractivity contribution is 5.78. The number of ether oxygens (including phenoxy) is 2. The highest BCUT2D eigenvalue weighted by Crippen LogP contribution is 2.23. The Bertz CT molecular complexity index is 554. The van der Waals surface area contributed by atoms with Crippen molar-refractivity contribution < 1.29 is 24.2 Å². The van der Waals surface area contributed by atoms with Gasteiger partial charge in [0.2, 0.25) is 0 Å². The molecule has 0 radical (unpaired) electrons. The maximum absolute atomic E-state index is 12.0. The Labute approximate surface area is 142 Å². The first-order valence-corrected chi connectivity index (χ1v) is 8.39. The van der Waals surface area contributed by atoms with Gasteiger partial charge in [0.05, 0.1) is 5.92 Å². The second-order valence-electron chi connectivity index (χ2n) is 5.95. The number of hydrogen-bond donors (Lipinski definition) is 2. The summed E-state index contributed by atoms with van der Waals surface area (Å²) in [4.78, 5) is 23.4. The molecule has 1 atom stereocenters. The lowest BCUT2D eigenvalue weighted by Crippen LogP contribution is -2.40. The van der Waals surface area contributed by atoms with E-state index in [1.807, 2.05) is 31.2 Å². The van der Waals surface area contributed by atoms with Gasteiger partial charge in [-0.05, 0) is 36.8 Å². The van der Waals surface area contributed by atoms with Gasteiger partial charge in [-0.1, -0.05) is 25.1 Å². The van der Waals surface area contributed by atoms with Crippen molar-refractivity contribution in [3.8, 4) is 5.75 Å². The summed E-state index contributed by atoms with van der Waals surface area (Å²) in [7, 11) is 0. The summed E-state index contributed by atoms with van der Waals surface area (Å²) in [6, 6.07) is 7.57.